The van der Waals surface area contributed by atoms with E-state index in [1.54, 1.807) is 25.1 Å². The minimum absolute atomic E-state index is 0.340. The van der Waals surface area contributed by atoms with Gasteiger partial charge in [-0.3, -0.25) is 10.2 Å². The fourth-order valence-corrected chi connectivity index (χ4v) is 1.27. The van der Waals surface area contributed by atoms with E-state index in [0.29, 0.717) is 11.1 Å². The standard InChI is InChI=1S/C12H14FN3O2/c1-8(9-5-3-4-6-10(9)13)7-11(17)15-16-12(18)14-2/h3-7H,1-2H3,(H,15,17)(H2,14,16,18). The van der Waals surface area contributed by atoms with Crippen molar-refractivity contribution < 1.29 is 14.0 Å². The number of amides is 3. The van der Waals surface area contributed by atoms with Crippen molar-refractivity contribution in [3.63, 3.8) is 0 Å². The Morgan fingerprint density at radius 2 is 1.89 bits per heavy atom. The summed E-state index contributed by atoms with van der Waals surface area (Å²) >= 11 is 0. The minimum atomic E-state index is -0.542. The Kier molecular flexibility index (Phi) is 4.86. The number of hydrazine groups is 1. The molecule has 5 nitrogen and oxygen atoms in total. The van der Waals surface area contributed by atoms with Crippen LogP contribution in [0.25, 0.3) is 5.57 Å². The Bertz CT molecular complexity index is 486. The fourth-order valence-electron chi connectivity index (χ4n) is 1.27. The number of rotatable bonds is 2. The molecule has 0 unspecified atom stereocenters. The van der Waals surface area contributed by atoms with Gasteiger partial charge in [0.15, 0.2) is 0 Å². The first-order valence-electron chi connectivity index (χ1n) is 5.25. The number of halogens is 1. The van der Waals surface area contributed by atoms with E-state index in [4.69, 9.17) is 0 Å². The molecule has 0 aliphatic rings. The number of carbonyl (C=O) groups is 2. The van der Waals surface area contributed by atoms with Gasteiger partial charge in [0.1, 0.15) is 5.82 Å². The Labute approximate surface area is 104 Å². The van der Waals surface area contributed by atoms with Crippen molar-refractivity contribution >= 4 is 17.5 Å². The second-order valence-corrected chi connectivity index (χ2v) is 3.50. The molecule has 18 heavy (non-hydrogen) atoms. The summed E-state index contributed by atoms with van der Waals surface area (Å²) in [5.41, 5.74) is 5.07. The van der Waals surface area contributed by atoms with Gasteiger partial charge in [0.05, 0.1) is 0 Å². The average molecular weight is 251 g/mol. The molecule has 3 amide bonds. The largest absolute Gasteiger partial charge is 0.340 e. The van der Waals surface area contributed by atoms with E-state index in [2.05, 4.69) is 16.2 Å². The molecule has 0 aliphatic carbocycles. The molecule has 0 saturated heterocycles. The average Bonchev–Trinajstić information content (AvgIpc) is 2.36. The van der Waals surface area contributed by atoms with Gasteiger partial charge in [0.25, 0.3) is 5.91 Å². The molecular formula is C12H14FN3O2. The second kappa shape index (κ2) is 6.39. The van der Waals surface area contributed by atoms with Gasteiger partial charge in [0, 0.05) is 18.7 Å². The van der Waals surface area contributed by atoms with Gasteiger partial charge in [-0.2, -0.15) is 0 Å². The van der Waals surface area contributed by atoms with Crippen LogP contribution >= 0.6 is 0 Å². The molecule has 0 saturated carbocycles. The summed E-state index contributed by atoms with van der Waals surface area (Å²) in [6.07, 6.45) is 1.20. The normalized spacial score (nSPS) is 10.7. The van der Waals surface area contributed by atoms with Crippen molar-refractivity contribution in [1.29, 1.82) is 0 Å². The third kappa shape index (κ3) is 3.89. The van der Waals surface area contributed by atoms with Crippen LogP contribution in [0.15, 0.2) is 30.3 Å². The minimum Gasteiger partial charge on any atom is -0.340 e. The van der Waals surface area contributed by atoms with Gasteiger partial charge in [-0.25, -0.2) is 14.6 Å². The number of urea groups is 1. The molecule has 0 bridgehead atoms. The highest BCUT2D eigenvalue weighted by Gasteiger charge is 2.05. The van der Waals surface area contributed by atoms with Crippen LogP contribution in [0.4, 0.5) is 9.18 Å². The molecule has 96 valence electrons. The van der Waals surface area contributed by atoms with Crippen LogP contribution in [0.2, 0.25) is 0 Å². The zero-order chi connectivity index (χ0) is 13.5. The molecule has 3 N–H and O–H groups in total. The molecule has 6 heteroatoms. The lowest BCUT2D eigenvalue weighted by atomic mass is 10.1. The first kappa shape index (κ1) is 13.7. The molecule has 0 fully saturated rings. The zero-order valence-corrected chi connectivity index (χ0v) is 10.1. The van der Waals surface area contributed by atoms with Crippen molar-refractivity contribution in [2.24, 2.45) is 0 Å². The first-order valence-corrected chi connectivity index (χ1v) is 5.25. The Hall–Kier alpha value is -2.37. The number of hydrogen-bond donors (Lipinski definition) is 3. The highest BCUT2D eigenvalue weighted by Crippen LogP contribution is 2.16. The van der Waals surface area contributed by atoms with Crippen LogP contribution in [0.3, 0.4) is 0 Å². The topological polar surface area (TPSA) is 70.2 Å². The summed E-state index contributed by atoms with van der Waals surface area (Å²) in [5.74, 6) is -0.947. The smallest absolute Gasteiger partial charge is 0.333 e. The lowest BCUT2D eigenvalue weighted by Gasteiger charge is -2.06. The van der Waals surface area contributed by atoms with Gasteiger partial charge in [-0.1, -0.05) is 18.2 Å². The highest BCUT2D eigenvalue weighted by atomic mass is 19.1. The lowest BCUT2D eigenvalue weighted by Crippen LogP contribution is -2.45. The lowest BCUT2D eigenvalue weighted by molar-refractivity contribution is -0.117. The maximum Gasteiger partial charge on any atom is 0.333 e. The zero-order valence-electron chi connectivity index (χ0n) is 10.1. The summed E-state index contributed by atoms with van der Waals surface area (Å²) in [4.78, 5) is 22.2. The van der Waals surface area contributed by atoms with E-state index in [0.717, 1.165) is 0 Å². The van der Waals surface area contributed by atoms with Gasteiger partial charge in [0.2, 0.25) is 0 Å². The predicted molar refractivity (Wildman–Crippen MR) is 65.8 cm³/mol. The van der Waals surface area contributed by atoms with Crippen LogP contribution in [0.1, 0.15) is 12.5 Å². The Balaban J connectivity index is 2.69. The maximum atomic E-state index is 13.4. The van der Waals surface area contributed by atoms with Crippen molar-refractivity contribution in [2.75, 3.05) is 7.05 Å². The second-order valence-electron chi connectivity index (χ2n) is 3.50. The molecule has 0 radical (unpaired) electrons. The third-order valence-corrected chi connectivity index (χ3v) is 2.17. The van der Waals surface area contributed by atoms with Crippen molar-refractivity contribution in [3.05, 3.63) is 41.7 Å². The van der Waals surface area contributed by atoms with Crippen LogP contribution in [-0.2, 0) is 4.79 Å². The molecule has 0 spiro atoms. The van der Waals surface area contributed by atoms with E-state index in [1.807, 2.05) is 0 Å². The van der Waals surface area contributed by atoms with E-state index >= 15 is 0 Å². The van der Waals surface area contributed by atoms with Crippen LogP contribution in [0.5, 0.6) is 0 Å². The summed E-state index contributed by atoms with van der Waals surface area (Å²) in [6.45, 7) is 1.61. The fraction of sp³-hybridized carbons (Fsp3) is 0.167. The molecule has 1 aromatic rings. The van der Waals surface area contributed by atoms with E-state index in [-0.39, 0.29) is 0 Å². The van der Waals surface area contributed by atoms with Crippen molar-refractivity contribution in [2.45, 2.75) is 6.92 Å². The molecule has 0 heterocycles. The summed E-state index contributed by atoms with van der Waals surface area (Å²) in [7, 11) is 1.42. The Morgan fingerprint density at radius 1 is 1.22 bits per heavy atom. The predicted octanol–water partition coefficient (Wildman–Crippen LogP) is 1.19. The Morgan fingerprint density at radius 3 is 2.50 bits per heavy atom. The third-order valence-electron chi connectivity index (χ3n) is 2.17. The van der Waals surface area contributed by atoms with E-state index < -0.39 is 17.8 Å². The maximum absolute atomic E-state index is 13.4. The molecule has 1 rings (SSSR count). The van der Waals surface area contributed by atoms with Gasteiger partial charge >= 0.3 is 6.03 Å². The quantitative estimate of drug-likeness (QED) is 0.546. The van der Waals surface area contributed by atoms with Gasteiger partial charge < -0.3 is 5.32 Å². The van der Waals surface area contributed by atoms with Crippen molar-refractivity contribution in [3.8, 4) is 0 Å². The molecule has 0 aromatic heterocycles. The summed E-state index contributed by atoms with van der Waals surface area (Å²) in [6, 6.07) is 5.59. The molecule has 0 aliphatic heterocycles. The molecular weight excluding hydrogens is 237 g/mol. The van der Waals surface area contributed by atoms with Crippen LogP contribution < -0.4 is 16.2 Å². The molecule has 1 aromatic carbocycles. The monoisotopic (exact) mass is 251 g/mol. The number of allylic oxidation sites excluding steroid dienone is 1. The molecule has 0 atom stereocenters. The highest BCUT2D eigenvalue weighted by molar-refractivity contribution is 5.95. The SMILES string of the molecule is CNC(=O)NNC(=O)C=C(C)c1ccccc1F. The number of hydrogen-bond acceptors (Lipinski definition) is 2. The summed E-state index contributed by atoms with van der Waals surface area (Å²) < 4.78 is 13.4. The first-order chi connectivity index (χ1) is 8.54. The van der Waals surface area contributed by atoms with E-state index in [9.17, 15) is 14.0 Å². The number of nitrogens with one attached hydrogen (secondary N) is 3. The van der Waals surface area contributed by atoms with E-state index in [1.165, 1.54) is 19.2 Å². The van der Waals surface area contributed by atoms with Crippen LogP contribution in [-0.4, -0.2) is 19.0 Å². The number of carbonyl (C=O) groups excluding carboxylic acids is 2. The van der Waals surface area contributed by atoms with Crippen molar-refractivity contribution in [1.82, 2.24) is 16.2 Å². The van der Waals surface area contributed by atoms with Gasteiger partial charge in [-0.05, 0) is 18.6 Å². The summed E-state index contributed by atoms with van der Waals surface area (Å²) in [5, 5.41) is 2.27. The van der Waals surface area contributed by atoms with Crippen LogP contribution in [0, 0.1) is 5.82 Å². The van der Waals surface area contributed by atoms with Gasteiger partial charge in [-0.15, -0.1) is 0 Å². The number of benzene rings is 1.